The number of nitrogens with one attached hydrogen (secondary N) is 1. The summed E-state index contributed by atoms with van der Waals surface area (Å²) < 4.78 is 11.0. The summed E-state index contributed by atoms with van der Waals surface area (Å²) in [5.41, 5.74) is -1.28. The van der Waals surface area contributed by atoms with E-state index in [-0.39, 0.29) is 6.04 Å². The van der Waals surface area contributed by atoms with Gasteiger partial charge in [0.25, 0.3) is 0 Å². The molecule has 7 heteroatoms. The molecule has 0 spiro atoms. The van der Waals surface area contributed by atoms with Crippen LogP contribution in [0.25, 0.3) is 0 Å². The summed E-state index contributed by atoms with van der Waals surface area (Å²) >= 11 is 0. The maximum absolute atomic E-state index is 11.7. The monoisotopic (exact) mass is 264 g/mol. The first kappa shape index (κ1) is 15.9. The van der Waals surface area contributed by atoms with Crippen LogP contribution in [0.5, 0.6) is 0 Å². The minimum absolute atomic E-state index is 0.264. The molecule has 0 aromatic carbocycles. The molecule has 0 radical (unpaired) electrons. The van der Waals surface area contributed by atoms with Crippen molar-refractivity contribution in [1.29, 1.82) is 0 Å². The Bertz CT molecular complexity index is 330. The predicted molar refractivity (Wildman–Crippen MR) is 66.4 cm³/mol. The Balaban J connectivity index is 4.52. The molecule has 0 bridgehead atoms. The van der Waals surface area contributed by atoms with Crippen LogP contribution in [0.2, 0.25) is 0 Å². The molecule has 2 unspecified atom stereocenters. The van der Waals surface area contributed by atoms with Crippen molar-refractivity contribution in [3.05, 3.63) is 0 Å². The lowest BCUT2D eigenvalue weighted by molar-refractivity contribution is -0.146. The number of carbonyl (C=O) groups is 2. The van der Waals surface area contributed by atoms with E-state index in [2.05, 4.69) is 5.32 Å². The van der Waals surface area contributed by atoms with Crippen molar-refractivity contribution in [2.75, 3.05) is 19.1 Å². The predicted octanol–water partition coefficient (Wildman–Crippen LogP) is 0.258. The van der Waals surface area contributed by atoms with Crippen molar-refractivity contribution >= 4 is 22.8 Å². The Morgan fingerprint density at radius 1 is 1.47 bits per heavy atom. The molecule has 0 saturated heterocycles. The third-order valence-corrected chi connectivity index (χ3v) is 3.49. The Morgan fingerprint density at radius 3 is 2.29 bits per heavy atom. The smallest absolute Gasteiger partial charge is 0.329 e. The van der Waals surface area contributed by atoms with Crippen LogP contribution < -0.4 is 5.32 Å². The molecule has 2 atom stereocenters. The summed E-state index contributed by atoms with van der Waals surface area (Å²) in [6, 6.07) is -0.754. The first-order valence-corrected chi connectivity index (χ1v) is 6.89. The Labute approximate surface area is 104 Å². The van der Waals surface area contributed by atoms with Gasteiger partial charge in [0, 0.05) is 35.9 Å². The molecule has 100 valence electrons. The maximum Gasteiger partial charge on any atom is 0.329 e. The molecule has 6 nitrogen and oxygen atoms in total. The number of hydrogen-bond acceptors (Lipinski definition) is 3. The van der Waals surface area contributed by atoms with Gasteiger partial charge in [-0.2, -0.15) is 0 Å². The summed E-state index contributed by atoms with van der Waals surface area (Å²) in [4.78, 5) is 23.8. The van der Waals surface area contributed by atoms with E-state index in [0.717, 1.165) is 4.90 Å². The highest BCUT2D eigenvalue weighted by atomic mass is 32.2. The number of likely N-dealkylation sites (N-methyl/N-ethyl adjacent to an activating group) is 1. The van der Waals surface area contributed by atoms with Crippen molar-refractivity contribution in [2.24, 2.45) is 0 Å². The summed E-state index contributed by atoms with van der Waals surface area (Å²) in [5.74, 6) is -0.741. The van der Waals surface area contributed by atoms with E-state index in [1.54, 1.807) is 13.2 Å². The minimum atomic E-state index is -1.28. The molecule has 17 heavy (non-hydrogen) atoms. The van der Waals surface area contributed by atoms with Gasteiger partial charge in [-0.05, 0) is 20.8 Å². The molecule has 0 aliphatic rings. The number of aliphatic carboxylic acids is 1. The second-order valence-corrected chi connectivity index (χ2v) is 5.99. The maximum atomic E-state index is 11.7. The molecule has 2 amide bonds. The fraction of sp³-hybridized carbons (Fsp3) is 0.800. The number of urea groups is 1. The van der Waals surface area contributed by atoms with Gasteiger partial charge in [-0.25, -0.2) is 9.59 Å². The first-order chi connectivity index (χ1) is 7.59. The number of carboxylic acids is 1. The fourth-order valence-corrected chi connectivity index (χ4v) is 1.89. The molecule has 0 fully saturated rings. The standard InChI is InChI=1S/C10H20N2O4S/c1-7(6-17(5)16)11-9(15)12(4)10(2,3)8(13)14/h7H,6H2,1-5H3,(H,11,15)(H,13,14). The molecule has 0 aromatic heterocycles. The highest BCUT2D eigenvalue weighted by molar-refractivity contribution is 7.84. The van der Waals surface area contributed by atoms with Crippen LogP contribution in [0.3, 0.4) is 0 Å². The van der Waals surface area contributed by atoms with E-state index in [4.69, 9.17) is 5.11 Å². The zero-order valence-corrected chi connectivity index (χ0v) is 11.6. The molecule has 0 aromatic rings. The minimum Gasteiger partial charge on any atom is -0.480 e. The van der Waals surface area contributed by atoms with Crippen LogP contribution in [-0.2, 0) is 15.6 Å². The van der Waals surface area contributed by atoms with Gasteiger partial charge in [0.05, 0.1) is 0 Å². The van der Waals surface area contributed by atoms with Crippen LogP contribution in [-0.4, -0.2) is 56.9 Å². The molecule has 0 aliphatic carbocycles. The number of nitrogens with zero attached hydrogens (tertiary/aromatic N) is 1. The first-order valence-electron chi connectivity index (χ1n) is 5.16. The average molecular weight is 264 g/mol. The van der Waals surface area contributed by atoms with Crippen LogP contribution >= 0.6 is 0 Å². The lowest BCUT2D eigenvalue weighted by Crippen LogP contribution is -2.55. The van der Waals surface area contributed by atoms with Gasteiger partial charge in [0.1, 0.15) is 5.54 Å². The van der Waals surface area contributed by atoms with Crippen LogP contribution in [0.1, 0.15) is 20.8 Å². The lowest BCUT2D eigenvalue weighted by Gasteiger charge is -2.32. The van der Waals surface area contributed by atoms with E-state index in [1.165, 1.54) is 20.9 Å². The van der Waals surface area contributed by atoms with Gasteiger partial charge in [0.15, 0.2) is 0 Å². The average Bonchev–Trinajstić information content (AvgIpc) is 2.14. The number of amides is 2. The van der Waals surface area contributed by atoms with Crippen molar-refractivity contribution in [2.45, 2.75) is 32.4 Å². The van der Waals surface area contributed by atoms with Crippen molar-refractivity contribution in [3.63, 3.8) is 0 Å². The van der Waals surface area contributed by atoms with E-state index in [0.29, 0.717) is 5.75 Å². The normalized spacial score (nSPS) is 14.9. The third kappa shape index (κ3) is 4.72. The molecule has 0 heterocycles. The Morgan fingerprint density at radius 2 is 1.94 bits per heavy atom. The lowest BCUT2D eigenvalue weighted by atomic mass is 10.1. The quantitative estimate of drug-likeness (QED) is 0.745. The van der Waals surface area contributed by atoms with E-state index in [1.807, 2.05) is 0 Å². The summed E-state index contributed by atoms with van der Waals surface area (Å²) in [7, 11) is 0.411. The molecular formula is C10H20N2O4S. The van der Waals surface area contributed by atoms with Crippen LogP contribution in [0.15, 0.2) is 0 Å². The number of carboxylic acid groups (broad SMARTS) is 1. The topological polar surface area (TPSA) is 86.7 Å². The molecule has 0 rings (SSSR count). The summed E-state index contributed by atoms with van der Waals surface area (Å²) in [5, 5.41) is 11.6. The van der Waals surface area contributed by atoms with Crippen LogP contribution in [0.4, 0.5) is 4.79 Å². The highest BCUT2D eigenvalue weighted by Gasteiger charge is 2.35. The van der Waals surface area contributed by atoms with Crippen LogP contribution in [0, 0.1) is 0 Å². The van der Waals surface area contributed by atoms with Gasteiger partial charge in [-0.1, -0.05) is 0 Å². The zero-order chi connectivity index (χ0) is 13.8. The van der Waals surface area contributed by atoms with Gasteiger partial charge in [-0.3, -0.25) is 4.21 Å². The zero-order valence-electron chi connectivity index (χ0n) is 10.8. The van der Waals surface area contributed by atoms with Gasteiger partial charge in [-0.15, -0.1) is 0 Å². The molecule has 0 saturated carbocycles. The van der Waals surface area contributed by atoms with Gasteiger partial charge < -0.3 is 15.3 Å². The molecule has 2 N–H and O–H groups in total. The highest BCUT2D eigenvalue weighted by Crippen LogP contribution is 2.12. The van der Waals surface area contributed by atoms with Gasteiger partial charge >= 0.3 is 12.0 Å². The molecular weight excluding hydrogens is 244 g/mol. The van der Waals surface area contributed by atoms with E-state index >= 15 is 0 Å². The molecule has 0 aliphatic heterocycles. The second kappa shape index (κ2) is 6.00. The largest absolute Gasteiger partial charge is 0.480 e. The summed E-state index contributed by atoms with van der Waals surface area (Å²) in [6.45, 7) is 4.61. The summed E-state index contributed by atoms with van der Waals surface area (Å²) in [6.07, 6.45) is 1.55. The van der Waals surface area contributed by atoms with E-state index < -0.39 is 28.3 Å². The van der Waals surface area contributed by atoms with Crippen molar-refractivity contribution in [3.8, 4) is 0 Å². The van der Waals surface area contributed by atoms with Crippen molar-refractivity contribution in [1.82, 2.24) is 10.2 Å². The SMILES string of the molecule is CC(CS(C)=O)NC(=O)N(C)C(C)(C)C(=O)O. The number of hydrogen-bond donors (Lipinski definition) is 2. The third-order valence-electron chi connectivity index (χ3n) is 2.52. The number of carbonyl (C=O) groups excluding carboxylic acids is 1. The fourth-order valence-electron chi connectivity index (χ4n) is 1.10. The van der Waals surface area contributed by atoms with E-state index in [9.17, 15) is 13.8 Å². The Kier molecular flexibility index (Phi) is 5.60. The Hall–Kier alpha value is -1.11. The van der Waals surface area contributed by atoms with Crippen molar-refractivity contribution < 1.29 is 18.9 Å². The number of rotatable bonds is 5. The second-order valence-electron chi connectivity index (χ2n) is 4.51. The van der Waals surface area contributed by atoms with Gasteiger partial charge in [0.2, 0.25) is 0 Å².